The highest BCUT2D eigenvalue weighted by Crippen LogP contribution is 2.33. The van der Waals surface area contributed by atoms with Gasteiger partial charge in [-0.15, -0.1) is 0 Å². The summed E-state index contributed by atoms with van der Waals surface area (Å²) in [6, 6.07) is 17.9. The van der Waals surface area contributed by atoms with Crippen LogP contribution in [-0.2, 0) is 13.0 Å². The minimum absolute atomic E-state index is 0.585. The first-order valence-electron chi connectivity index (χ1n) is 6.33. The lowest BCUT2D eigenvalue weighted by atomic mass is 10.1. The molecule has 92 valence electrons. The number of nitrogens with zero attached hydrogens (tertiary/aromatic N) is 1. The van der Waals surface area contributed by atoms with Crippen molar-refractivity contribution in [3.63, 3.8) is 0 Å². The van der Waals surface area contributed by atoms with Crippen LogP contribution in [0.15, 0.2) is 53.0 Å². The van der Waals surface area contributed by atoms with Gasteiger partial charge in [-0.2, -0.15) is 0 Å². The summed E-state index contributed by atoms with van der Waals surface area (Å²) in [4.78, 5) is 2.50. The molecule has 2 aromatic carbocycles. The normalized spacial score (nSPS) is 17.9. The molecule has 0 saturated carbocycles. The maximum absolute atomic E-state index is 3.54. The van der Waals surface area contributed by atoms with E-state index in [0.717, 1.165) is 17.4 Å². The van der Waals surface area contributed by atoms with E-state index in [1.165, 1.54) is 16.8 Å². The molecule has 1 atom stereocenters. The Labute approximate surface area is 117 Å². The van der Waals surface area contributed by atoms with Crippen LogP contribution in [0.3, 0.4) is 0 Å². The average molecular weight is 302 g/mol. The summed E-state index contributed by atoms with van der Waals surface area (Å²) in [7, 11) is 0. The molecule has 2 heteroatoms. The Kier molecular flexibility index (Phi) is 3.13. The van der Waals surface area contributed by atoms with Crippen molar-refractivity contribution >= 4 is 21.6 Å². The first kappa shape index (κ1) is 11.8. The Morgan fingerprint density at radius 1 is 1.17 bits per heavy atom. The largest absolute Gasteiger partial charge is 0.364 e. The Morgan fingerprint density at radius 3 is 2.83 bits per heavy atom. The van der Waals surface area contributed by atoms with Gasteiger partial charge < -0.3 is 4.90 Å². The third kappa shape index (κ3) is 2.17. The average Bonchev–Trinajstić information content (AvgIpc) is 2.66. The topological polar surface area (TPSA) is 3.24 Å². The number of para-hydroxylation sites is 1. The van der Waals surface area contributed by atoms with Gasteiger partial charge in [-0.05, 0) is 42.7 Å². The van der Waals surface area contributed by atoms with Crippen molar-refractivity contribution in [1.29, 1.82) is 0 Å². The Morgan fingerprint density at radius 2 is 2.00 bits per heavy atom. The van der Waals surface area contributed by atoms with Gasteiger partial charge in [0.15, 0.2) is 0 Å². The third-order valence-corrected chi connectivity index (χ3v) is 4.08. The Bertz CT molecular complexity index is 565. The summed E-state index contributed by atoms with van der Waals surface area (Å²) in [5, 5.41) is 0. The molecule has 0 radical (unpaired) electrons. The number of benzene rings is 2. The van der Waals surface area contributed by atoms with Crippen LogP contribution < -0.4 is 4.90 Å². The fourth-order valence-corrected chi connectivity index (χ4v) is 3.15. The lowest BCUT2D eigenvalue weighted by Crippen LogP contribution is -2.28. The molecule has 2 aromatic rings. The van der Waals surface area contributed by atoms with Gasteiger partial charge in [0.2, 0.25) is 0 Å². The zero-order valence-corrected chi connectivity index (χ0v) is 12.0. The van der Waals surface area contributed by atoms with Crippen molar-refractivity contribution in [3.05, 3.63) is 64.1 Å². The number of hydrogen-bond acceptors (Lipinski definition) is 1. The van der Waals surface area contributed by atoms with E-state index in [0.29, 0.717) is 6.04 Å². The van der Waals surface area contributed by atoms with Crippen molar-refractivity contribution in [2.45, 2.75) is 25.9 Å². The van der Waals surface area contributed by atoms with Crippen LogP contribution in [0.2, 0.25) is 0 Å². The molecule has 0 bridgehead atoms. The van der Waals surface area contributed by atoms with Crippen LogP contribution in [0.4, 0.5) is 5.69 Å². The Hall–Kier alpha value is -1.28. The highest BCUT2D eigenvalue weighted by atomic mass is 79.9. The van der Waals surface area contributed by atoms with Gasteiger partial charge in [0.05, 0.1) is 0 Å². The number of anilines is 1. The second-order valence-electron chi connectivity index (χ2n) is 4.94. The van der Waals surface area contributed by atoms with Crippen molar-refractivity contribution in [2.24, 2.45) is 0 Å². The maximum Gasteiger partial charge on any atom is 0.0433 e. The summed E-state index contributed by atoms with van der Waals surface area (Å²) in [5.41, 5.74) is 4.22. The van der Waals surface area contributed by atoms with Gasteiger partial charge in [0, 0.05) is 22.7 Å². The number of hydrogen-bond donors (Lipinski definition) is 0. The second-order valence-corrected chi connectivity index (χ2v) is 5.86. The van der Waals surface area contributed by atoms with Crippen LogP contribution in [0.1, 0.15) is 18.1 Å². The molecule has 0 aliphatic carbocycles. The lowest BCUT2D eigenvalue weighted by Gasteiger charge is -2.25. The van der Waals surface area contributed by atoms with E-state index < -0.39 is 0 Å². The van der Waals surface area contributed by atoms with Crippen molar-refractivity contribution in [3.8, 4) is 0 Å². The Balaban J connectivity index is 1.89. The SMILES string of the molecule is CC1Cc2ccccc2N1Cc1cccc(Br)c1. The van der Waals surface area contributed by atoms with E-state index in [-0.39, 0.29) is 0 Å². The molecular weight excluding hydrogens is 286 g/mol. The van der Waals surface area contributed by atoms with Crippen LogP contribution >= 0.6 is 15.9 Å². The van der Waals surface area contributed by atoms with Crippen molar-refractivity contribution in [1.82, 2.24) is 0 Å². The van der Waals surface area contributed by atoms with E-state index in [9.17, 15) is 0 Å². The number of halogens is 1. The fraction of sp³-hybridized carbons (Fsp3) is 0.250. The van der Waals surface area contributed by atoms with Gasteiger partial charge >= 0.3 is 0 Å². The summed E-state index contributed by atoms with van der Waals surface area (Å²) >= 11 is 3.54. The molecule has 1 nitrogen and oxygen atoms in total. The van der Waals surface area contributed by atoms with Crippen LogP contribution in [0.25, 0.3) is 0 Å². The zero-order chi connectivity index (χ0) is 12.5. The molecule has 0 fully saturated rings. The first-order chi connectivity index (χ1) is 8.74. The molecule has 0 saturated heterocycles. The predicted molar refractivity (Wildman–Crippen MR) is 79.9 cm³/mol. The van der Waals surface area contributed by atoms with Gasteiger partial charge in [-0.1, -0.05) is 46.3 Å². The first-order valence-corrected chi connectivity index (χ1v) is 7.12. The minimum atomic E-state index is 0.585. The molecule has 18 heavy (non-hydrogen) atoms. The number of rotatable bonds is 2. The van der Waals surface area contributed by atoms with Crippen LogP contribution in [-0.4, -0.2) is 6.04 Å². The minimum Gasteiger partial charge on any atom is -0.364 e. The molecule has 1 unspecified atom stereocenters. The quantitative estimate of drug-likeness (QED) is 0.794. The molecule has 3 rings (SSSR count). The van der Waals surface area contributed by atoms with E-state index in [2.05, 4.69) is 76.3 Å². The summed E-state index contributed by atoms with van der Waals surface area (Å²) in [6.45, 7) is 3.29. The highest BCUT2D eigenvalue weighted by Gasteiger charge is 2.25. The summed E-state index contributed by atoms with van der Waals surface area (Å²) in [6.07, 6.45) is 1.16. The van der Waals surface area contributed by atoms with Gasteiger partial charge in [-0.25, -0.2) is 0 Å². The van der Waals surface area contributed by atoms with E-state index in [1.54, 1.807) is 0 Å². The molecule has 1 aliphatic heterocycles. The molecule has 1 aliphatic rings. The zero-order valence-electron chi connectivity index (χ0n) is 10.4. The van der Waals surface area contributed by atoms with E-state index in [4.69, 9.17) is 0 Å². The molecule has 0 N–H and O–H groups in total. The smallest absolute Gasteiger partial charge is 0.0433 e. The summed E-state index contributed by atoms with van der Waals surface area (Å²) < 4.78 is 1.15. The molecule has 0 amide bonds. The van der Waals surface area contributed by atoms with Crippen molar-refractivity contribution in [2.75, 3.05) is 4.90 Å². The lowest BCUT2D eigenvalue weighted by molar-refractivity contribution is 0.672. The van der Waals surface area contributed by atoms with Gasteiger partial charge in [-0.3, -0.25) is 0 Å². The molecule has 0 spiro atoms. The monoisotopic (exact) mass is 301 g/mol. The molecule has 0 aromatic heterocycles. The molecule has 1 heterocycles. The van der Waals surface area contributed by atoms with E-state index >= 15 is 0 Å². The summed E-state index contributed by atoms with van der Waals surface area (Å²) in [5.74, 6) is 0. The number of fused-ring (bicyclic) bond motifs is 1. The third-order valence-electron chi connectivity index (χ3n) is 3.59. The molecular formula is C16H16BrN. The van der Waals surface area contributed by atoms with Crippen molar-refractivity contribution < 1.29 is 0 Å². The standard InChI is InChI=1S/C16H16BrN/c1-12-9-14-6-2-3-8-16(14)18(12)11-13-5-4-7-15(17)10-13/h2-8,10,12H,9,11H2,1H3. The van der Waals surface area contributed by atoms with E-state index in [1.807, 2.05) is 0 Å². The fourth-order valence-electron chi connectivity index (χ4n) is 2.70. The van der Waals surface area contributed by atoms with Crippen LogP contribution in [0.5, 0.6) is 0 Å². The van der Waals surface area contributed by atoms with Crippen LogP contribution in [0, 0.1) is 0 Å². The highest BCUT2D eigenvalue weighted by molar-refractivity contribution is 9.10. The second kappa shape index (κ2) is 4.77. The maximum atomic E-state index is 3.54. The predicted octanol–water partition coefficient (Wildman–Crippen LogP) is 4.40. The van der Waals surface area contributed by atoms with Gasteiger partial charge in [0.1, 0.15) is 0 Å². The van der Waals surface area contributed by atoms with Gasteiger partial charge in [0.25, 0.3) is 0 Å².